The molecule has 1 atom stereocenters. The number of ether oxygens (including phenoxy) is 1. The number of H-pyrrole nitrogens is 1. The molecule has 0 bridgehead atoms. The fraction of sp³-hybridized carbons (Fsp3) is 0.208. The number of hydrogen-bond acceptors (Lipinski definition) is 7. The van der Waals surface area contributed by atoms with E-state index in [1.54, 1.807) is 0 Å². The highest BCUT2D eigenvalue weighted by molar-refractivity contribution is 5.82. The zero-order valence-electron chi connectivity index (χ0n) is 19.3. The molecule has 2 aromatic carbocycles. The van der Waals surface area contributed by atoms with Crippen molar-refractivity contribution in [3.63, 3.8) is 0 Å². The van der Waals surface area contributed by atoms with Crippen molar-refractivity contribution in [3.8, 4) is 11.4 Å². The average Bonchev–Trinajstić information content (AvgIpc) is 3.35. The molecule has 3 heterocycles. The number of nitrogens with one attached hydrogen (secondary N) is 2. The first-order chi connectivity index (χ1) is 17.7. The molecule has 190 valence electrons. The van der Waals surface area contributed by atoms with E-state index >= 15 is 0 Å². The number of imidazole rings is 1. The van der Waals surface area contributed by atoms with Gasteiger partial charge in [0.25, 0.3) is 5.56 Å². The van der Waals surface area contributed by atoms with Crippen molar-refractivity contribution in [2.24, 2.45) is 0 Å². The van der Waals surface area contributed by atoms with Gasteiger partial charge in [0.15, 0.2) is 18.1 Å². The molecule has 3 aromatic heterocycles. The number of aromatic amines is 1. The van der Waals surface area contributed by atoms with Gasteiger partial charge in [0.2, 0.25) is 0 Å². The van der Waals surface area contributed by atoms with Crippen LogP contribution in [-0.4, -0.2) is 42.3 Å². The van der Waals surface area contributed by atoms with Gasteiger partial charge < -0.3 is 15.0 Å². The van der Waals surface area contributed by atoms with Crippen molar-refractivity contribution in [3.05, 3.63) is 77.1 Å². The normalized spacial score (nSPS) is 12.7. The summed E-state index contributed by atoms with van der Waals surface area (Å²) in [5.41, 5.74) is 0.523. The lowest BCUT2D eigenvalue weighted by Gasteiger charge is -2.22. The van der Waals surface area contributed by atoms with E-state index in [9.17, 15) is 22.4 Å². The lowest BCUT2D eigenvalue weighted by atomic mass is 10.1. The van der Waals surface area contributed by atoms with Crippen LogP contribution in [0.4, 0.5) is 23.4 Å². The Morgan fingerprint density at radius 3 is 2.73 bits per heavy atom. The van der Waals surface area contributed by atoms with Gasteiger partial charge in [0.1, 0.15) is 34.6 Å². The van der Waals surface area contributed by atoms with Crippen LogP contribution in [0.1, 0.15) is 25.2 Å². The second-order valence-corrected chi connectivity index (χ2v) is 8.07. The van der Waals surface area contributed by atoms with Crippen LogP contribution in [0.5, 0.6) is 5.75 Å². The quantitative estimate of drug-likeness (QED) is 0.304. The number of benzene rings is 2. The lowest BCUT2D eigenvalue weighted by Crippen LogP contribution is -2.29. The van der Waals surface area contributed by atoms with E-state index in [0.29, 0.717) is 23.4 Å². The van der Waals surface area contributed by atoms with Crippen LogP contribution in [0.25, 0.3) is 27.8 Å². The molecule has 0 saturated heterocycles. The second kappa shape index (κ2) is 9.48. The predicted molar refractivity (Wildman–Crippen MR) is 127 cm³/mol. The van der Waals surface area contributed by atoms with Crippen molar-refractivity contribution in [1.82, 2.24) is 29.5 Å². The van der Waals surface area contributed by atoms with Crippen molar-refractivity contribution in [2.75, 3.05) is 11.9 Å². The van der Waals surface area contributed by atoms with E-state index in [1.165, 1.54) is 49.1 Å². The van der Waals surface area contributed by atoms with Crippen LogP contribution in [0.2, 0.25) is 0 Å². The maximum Gasteiger partial charge on any atom is 0.422 e. The Balaban J connectivity index is 1.67. The van der Waals surface area contributed by atoms with Gasteiger partial charge in [0, 0.05) is 6.07 Å². The smallest absolute Gasteiger partial charge is 0.422 e. The topological polar surface area (TPSA) is 111 Å². The van der Waals surface area contributed by atoms with Crippen LogP contribution in [0, 0.1) is 5.82 Å². The van der Waals surface area contributed by atoms with Gasteiger partial charge in [-0.15, -0.1) is 0 Å². The summed E-state index contributed by atoms with van der Waals surface area (Å²) in [4.78, 5) is 33.7. The SMILES string of the molecule is CCC(Nc1ncnc2[nH]cnc12)c1nc2cccc(F)c2c(=O)n1-c1cccc(OCC(F)(F)F)c1. The van der Waals surface area contributed by atoms with Gasteiger partial charge >= 0.3 is 6.18 Å². The largest absolute Gasteiger partial charge is 0.484 e. The van der Waals surface area contributed by atoms with Crippen LogP contribution in [-0.2, 0) is 0 Å². The fourth-order valence-corrected chi connectivity index (χ4v) is 3.95. The van der Waals surface area contributed by atoms with Gasteiger partial charge in [0.05, 0.1) is 23.6 Å². The first-order valence-corrected chi connectivity index (χ1v) is 11.2. The molecule has 13 heteroatoms. The highest BCUT2D eigenvalue weighted by atomic mass is 19.4. The van der Waals surface area contributed by atoms with Gasteiger partial charge in [-0.05, 0) is 30.7 Å². The molecule has 0 aliphatic heterocycles. The van der Waals surface area contributed by atoms with E-state index in [2.05, 4.69) is 30.2 Å². The summed E-state index contributed by atoms with van der Waals surface area (Å²) < 4.78 is 58.9. The van der Waals surface area contributed by atoms with E-state index in [0.717, 1.165) is 10.6 Å². The monoisotopic (exact) mass is 513 g/mol. The Morgan fingerprint density at radius 2 is 1.95 bits per heavy atom. The van der Waals surface area contributed by atoms with Gasteiger partial charge in [-0.1, -0.05) is 19.1 Å². The van der Waals surface area contributed by atoms with Crippen molar-refractivity contribution < 1.29 is 22.3 Å². The number of anilines is 1. The molecule has 0 radical (unpaired) electrons. The zero-order valence-corrected chi connectivity index (χ0v) is 19.3. The molecule has 0 spiro atoms. The lowest BCUT2D eigenvalue weighted by molar-refractivity contribution is -0.153. The van der Waals surface area contributed by atoms with Crippen molar-refractivity contribution in [2.45, 2.75) is 25.6 Å². The van der Waals surface area contributed by atoms with Crippen LogP contribution < -0.4 is 15.6 Å². The summed E-state index contributed by atoms with van der Waals surface area (Å²) >= 11 is 0. The summed E-state index contributed by atoms with van der Waals surface area (Å²) in [7, 11) is 0. The number of nitrogens with zero attached hydrogens (tertiary/aromatic N) is 5. The van der Waals surface area contributed by atoms with Gasteiger partial charge in [-0.3, -0.25) is 9.36 Å². The number of aromatic nitrogens is 6. The first-order valence-electron chi connectivity index (χ1n) is 11.2. The number of hydrogen-bond donors (Lipinski definition) is 2. The highest BCUT2D eigenvalue weighted by Crippen LogP contribution is 2.28. The Bertz CT molecular complexity index is 1650. The average molecular weight is 513 g/mol. The Labute approximate surface area is 206 Å². The summed E-state index contributed by atoms with van der Waals surface area (Å²) in [6.07, 6.45) is -1.33. The summed E-state index contributed by atoms with van der Waals surface area (Å²) in [6, 6.07) is 9.01. The van der Waals surface area contributed by atoms with Crippen LogP contribution in [0.15, 0.2) is 59.9 Å². The molecule has 0 amide bonds. The molecule has 2 N–H and O–H groups in total. The minimum Gasteiger partial charge on any atom is -0.484 e. The molecule has 37 heavy (non-hydrogen) atoms. The van der Waals surface area contributed by atoms with E-state index in [4.69, 9.17) is 4.74 Å². The molecule has 0 aliphatic carbocycles. The van der Waals surface area contributed by atoms with Crippen molar-refractivity contribution in [1.29, 1.82) is 0 Å². The summed E-state index contributed by atoms with van der Waals surface area (Å²) in [6.45, 7) is 0.338. The second-order valence-electron chi connectivity index (χ2n) is 8.07. The molecule has 0 saturated carbocycles. The predicted octanol–water partition coefficient (Wildman–Crippen LogP) is 4.70. The van der Waals surface area contributed by atoms with Crippen molar-refractivity contribution >= 4 is 27.9 Å². The van der Waals surface area contributed by atoms with Crippen LogP contribution in [0.3, 0.4) is 0 Å². The number of fused-ring (bicyclic) bond motifs is 2. The molecule has 0 fully saturated rings. The standard InChI is InChI=1S/C24H19F4N7O2/c1-2-16(33-21-19-20(30-11-29-19)31-12-32-21)22-34-17-8-4-7-15(25)18(17)23(36)35(22)13-5-3-6-14(9-13)37-10-24(26,27)28/h3-9,11-12,16H,2,10H2,1H3,(H2,29,30,31,32,33). The molecule has 5 aromatic rings. The Hall–Kier alpha value is -4.55. The minimum absolute atomic E-state index is 0.114. The molecule has 0 aliphatic rings. The number of alkyl halides is 3. The highest BCUT2D eigenvalue weighted by Gasteiger charge is 2.29. The van der Waals surface area contributed by atoms with Gasteiger partial charge in [-0.25, -0.2) is 24.3 Å². The third kappa shape index (κ3) is 4.79. The number of rotatable bonds is 7. The molecule has 1 unspecified atom stereocenters. The van der Waals surface area contributed by atoms with E-state index in [-0.39, 0.29) is 28.2 Å². The molecular weight excluding hydrogens is 494 g/mol. The fourth-order valence-electron chi connectivity index (χ4n) is 3.95. The summed E-state index contributed by atoms with van der Waals surface area (Å²) in [5, 5.41) is 2.97. The third-order valence-electron chi connectivity index (χ3n) is 5.60. The van der Waals surface area contributed by atoms with Gasteiger partial charge in [-0.2, -0.15) is 13.2 Å². The molecule has 5 rings (SSSR count). The Kier molecular flexibility index (Phi) is 6.19. The molecular formula is C24H19F4N7O2. The third-order valence-corrected chi connectivity index (χ3v) is 5.60. The Morgan fingerprint density at radius 1 is 1.14 bits per heavy atom. The maximum absolute atomic E-state index is 14.7. The first kappa shape index (κ1) is 24.2. The molecule has 9 nitrogen and oxygen atoms in total. The number of halogens is 4. The van der Waals surface area contributed by atoms with E-state index < -0.39 is 30.2 Å². The summed E-state index contributed by atoms with van der Waals surface area (Å²) in [5.74, 6) is -0.312. The maximum atomic E-state index is 14.7. The minimum atomic E-state index is -4.54. The van der Waals surface area contributed by atoms with Crippen LogP contribution >= 0.6 is 0 Å². The van der Waals surface area contributed by atoms with E-state index in [1.807, 2.05) is 6.92 Å². The zero-order chi connectivity index (χ0) is 26.2.